The van der Waals surface area contributed by atoms with E-state index in [0.717, 1.165) is 41.8 Å². The SMILES string of the molecule is CCCC1CC(=O)C2=C(C1)NC(C)=C(C#N)C2c1cc(Br)c(OCc2ccc(N)cc2)c(OCC)c1. The van der Waals surface area contributed by atoms with Crippen molar-refractivity contribution in [3.8, 4) is 17.6 Å². The molecular formula is C29H32BrN3O3. The van der Waals surface area contributed by atoms with E-state index in [0.29, 0.717) is 58.4 Å². The van der Waals surface area contributed by atoms with Gasteiger partial charge in [0, 0.05) is 29.1 Å². The standard InChI is InChI=1S/C29H32BrN3O3/c1-4-6-19-11-24-28(25(34)12-19)27(22(15-31)17(3)33-24)20-13-23(30)29(26(14-20)35-5-2)36-16-18-7-9-21(32)10-8-18/h7-10,13-14,19,27,33H,4-6,11-12,16,32H2,1-3H3. The zero-order valence-corrected chi connectivity index (χ0v) is 22.6. The van der Waals surface area contributed by atoms with Gasteiger partial charge in [0.05, 0.1) is 28.6 Å². The second kappa shape index (κ2) is 11.2. The molecule has 7 heteroatoms. The number of nitrogens with zero attached hydrogens (tertiary/aromatic N) is 1. The van der Waals surface area contributed by atoms with Crippen molar-refractivity contribution in [2.24, 2.45) is 5.92 Å². The maximum absolute atomic E-state index is 13.4. The number of hydrogen-bond donors (Lipinski definition) is 2. The number of allylic oxidation sites excluding steroid dienone is 4. The fourth-order valence-electron chi connectivity index (χ4n) is 5.14. The van der Waals surface area contributed by atoms with Gasteiger partial charge in [-0.25, -0.2) is 0 Å². The van der Waals surface area contributed by atoms with Crippen LogP contribution in [0.2, 0.25) is 0 Å². The van der Waals surface area contributed by atoms with Crippen LogP contribution in [0.3, 0.4) is 0 Å². The van der Waals surface area contributed by atoms with E-state index in [2.05, 4.69) is 34.2 Å². The van der Waals surface area contributed by atoms with Crippen LogP contribution in [-0.4, -0.2) is 12.4 Å². The molecule has 0 fully saturated rings. The van der Waals surface area contributed by atoms with Crippen molar-refractivity contribution in [3.63, 3.8) is 0 Å². The average molecular weight is 550 g/mol. The molecule has 2 aromatic rings. The quantitative estimate of drug-likeness (QED) is 0.363. The normalized spacial score (nSPS) is 19.5. The Bertz CT molecular complexity index is 1260. The van der Waals surface area contributed by atoms with Crippen molar-refractivity contribution in [1.29, 1.82) is 5.26 Å². The molecule has 6 nitrogen and oxygen atoms in total. The highest BCUT2D eigenvalue weighted by Gasteiger charge is 2.39. The Morgan fingerprint density at radius 2 is 1.92 bits per heavy atom. The molecule has 2 aromatic carbocycles. The molecule has 2 atom stereocenters. The first-order valence-corrected chi connectivity index (χ1v) is 13.2. The third-order valence-corrected chi connectivity index (χ3v) is 7.35. The summed E-state index contributed by atoms with van der Waals surface area (Å²) in [7, 11) is 0. The van der Waals surface area contributed by atoms with E-state index in [1.165, 1.54) is 0 Å². The molecule has 4 rings (SSSR count). The van der Waals surface area contributed by atoms with Crippen LogP contribution in [0.5, 0.6) is 11.5 Å². The zero-order chi connectivity index (χ0) is 25.8. The predicted octanol–water partition coefficient (Wildman–Crippen LogP) is 6.53. The number of anilines is 1. The minimum atomic E-state index is -0.442. The fourth-order valence-corrected chi connectivity index (χ4v) is 5.71. The molecule has 0 saturated heterocycles. The lowest BCUT2D eigenvalue weighted by Gasteiger charge is -2.35. The molecule has 3 N–H and O–H groups in total. The fraction of sp³-hybridized carbons (Fsp3) is 0.379. The Kier molecular flexibility index (Phi) is 8.05. The van der Waals surface area contributed by atoms with Gasteiger partial charge < -0.3 is 20.5 Å². The van der Waals surface area contributed by atoms with Crippen LogP contribution in [0.15, 0.2) is 63.4 Å². The van der Waals surface area contributed by atoms with Crippen molar-refractivity contribution in [1.82, 2.24) is 5.32 Å². The van der Waals surface area contributed by atoms with Crippen molar-refractivity contribution in [3.05, 3.63) is 74.5 Å². The van der Waals surface area contributed by atoms with Crippen LogP contribution in [0.25, 0.3) is 0 Å². The lowest BCUT2D eigenvalue weighted by Crippen LogP contribution is -2.34. The van der Waals surface area contributed by atoms with Crippen LogP contribution < -0.4 is 20.5 Å². The predicted molar refractivity (Wildman–Crippen MR) is 144 cm³/mol. The number of benzene rings is 2. The third kappa shape index (κ3) is 5.29. The van der Waals surface area contributed by atoms with E-state index in [4.69, 9.17) is 15.2 Å². The lowest BCUT2D eigenvalue weighted by molar-refractivity contribution is -0.117. The first-order chi connectivity index (χ1) is 17.4. The van der Waals surface area contributed by atoms with Crippen LogP contribution in [0.1, 0.15) is 63.5 Å². The number of hydrogen-bond acceptors (Lipinski definition) is 6. The number of rotatable bonds is 8. The number of ether oxygens (including phenoxy) is 2. The summed E-state index contributed by atoms with van der Waals surface area (Å²) in [5, 5.41) is 13.5. The largest absolute Gasteiger partial charge is 0.490 e. The number of Topliss-reactive ketones (excluding diaryl/α,β-unsaturated/α-hetero) is 1. The van der Waals surface area contributed by atoms with Gasteiger partial charge in [-0.2, -0.15) is 5.26 Å². The Balaban J connectivity index is 1.74. The second-order valence-corrected chi connectivity index (χ2v) is 10.2. The number of carbonyl (C=O) groups is 1. The van der Waals surface area contributed by atoms with Crippen molar-refractivity contribution < 1.29 is 14.3 Å². The average Bonchev–Trinajstić information content (AvgIpc) is 2.84. The van der Waals surface area contributed by atoms with Gasteiger partial charge in [-0.3, -0.25) is 4.79 Å². The Morgan fingerprint density at radius 3 is 2.58 bits per heavy atom. The topological polar surface area (TPSA) is 97.4 Å². The van der Waals surface area contributed by atoms with E-state index in [1.54, 1.807) is 0 Å². The Hall–Kier alpha value is -3.24. The van der Waals surface area contributed by atoms with E-state index in [-0.39, 0.29) is 5.78 Å². The van der Waals surface area contributed by atoms with E-state index < -0.39 is 5.92 Å². The van der Waals surface area contributed by atoms with E-state index >= 15 is 0 Å². The summed E-state index contributed by atoms with van der Waals surface area (Å²) in [6.45, 7) is 6.77. The van der Waals surface area contributed by atoms with Gasteiger partial charge in [-0.05, 0) is 83.9 Å². The molecule has 0 aromatic heterocycles. The molecule has 0 bridgehead atoms. The van der Waals surface area contributed by atoms with Crippen LogP contribution in [0, 0.1) is 17.2 Å². The molecule has 188 valence electrons. The van der Waals surface area contributed by atoms with Crippen LogP contribution in [-0.2, 0) is 11.4 Å². The molecule has 0 spiro atoms. The number of nitrogens with two attached hydrogens (primary N) is 1. The summed E-state index contributed by atoms with van der Waals surface area (Å²) in [4.78, 5) is 13.4. The Morgan fingerprint density at radius 1 is 1.17 bits per heavy atom. The highest BCUT2D eigenvalue weighted by atomic mass is 79.9. The maximum atomic E-state index is 13.4. The first kappa shape index (κ1) is 25.8. The van der Waals surface area contributed by atoms with E-state index in [1.807, 2.05) is 50.2 Å². The summed E-state index contributed by atoms with van der Waals surface area (Å²) >= 11 is 3.67. The highest BCUT2D eigenvalue weighted by Crippen LogP contribution is 2.47. The molecule has 36 heavy (non-hydrogen) atoms. The molecule has 2 unspecified atom stereocenters. The highest BCUT2D eigenvalue weighted by molar-refractivity contribution is 9.10. The molecule has 1 aliphatic heterocycles. The summed E-state index contributed by atoms with van der Waals surface area (Å²) in [6.07, 6.45) is 3.40. The maximum Gasteiger partial charge on any atom is 0.175 e. The molecule has 0 amide bonds. The van der Waals surface area contributed by atoms with Crippen LogP contribution in [0.4, 0.5) is 5.69 Å². The molecule has 0 saturated carbocycles. The number of dihydropyridines is 1. The van der Waals surface area contributed by atoms with Crippen LogP contribution >= 0.6 is 15.9 Å². The number of nitrogens with one attached hydrogen (secondary N) is 1. The molecular weight excluding hydrogens is 518 g/mol. The summed E-state index contributed by atoms with van der Waals surface area (Å²) in [6, 6.07) is 13.7. The monoisotopic (exact) mass is 549 g/mol. The zero-order valence-electron chi connectivity index (χ0n) is 21.0. The first-order valence-electron chi connectivity index (χ1n) is 12.4. The number of nitriles is 1. The van der Waals surface area contributed by atoms with E-state index in [9.17, 15) is 10.1 Å². The summed E-state index contributed by atoms with van der Waals surface area (Å²) in [5.74, 6) is 1.16. The lowest BCUT2D eigenvalue weighted by atomic mass is 9.72. The number of carbonyl (C=O) groups excluding carboxylic acids is 1. The van der Waals surface area contributed by atoms with Crippen molar-refractivity contribution >= 4 is 27.4 Å². The summed E-state index contributed by atoms with van der Waals surface area (Å²) in [5.41, 5.74) is 11.3. The second-order valence-electron chi connectivity index (χ2n) is 9.38. The molecule has 0 radical (unpaired) electrons. The van der Waals surface area contributed by atoms with Gasteiger partial charge in [0.15, 0.2) is 17.3 Å². The smallest absolute Gasteiger partial charge is 0.175 e. The van der Waals surface area contributed by atoms with Gasteiger partial charge >= 0.3 is 0 Å². The number of ketones is 1. The number of nitrogen functional groups attached to an aromatic ring is 1. The minimum Gasteiger partial charge on any atom is -0.490 e. The minimum absolute atomic E-state index is 0.116. The van der Waals surface area contributed by atoms with Crippen molar-refractivity contribution in [2.75, 3.05) is 12.3 Å². The van der Waals surface area contributed by atoms with Gasteiger partial charge in [0.2, 0.25) is 0 Å². The molecule has 1 aliphatic carbocycles. The third-order valence-electron chi connectivity index (χ3n) is 6.76. The Labute approximate surface area is 221 Å². The van der Waals surface area contributed by atoms with Gasteiger partial charge in [0.25, 0.3) is 0 Å². The summed E-state index contributed by atoms with van der Waals surface area (Å²) < 4.78 is 12.8. The van der Waals surface area contributed by atoms with Gasteiger partial charge in [-0.15, -0.1) is 0 Å². The number of halogens is 1. The van der Waals surface area contributed by atoms with Gasteiger partial charge in [0.1, 0.15) is 6.61 Å². The van der Waals surface area contributed by atoms with Gasteiger partial charge in [-0.1, -0.05) is 25.5 Å². The molecule has 1 heterocycles. The molecule has 2 aliphatic rings. The van der Waals surface area contributed by atoms with Crippen molar-refractivity contribution in [2.45, 2.75) is 59.0 Å².